The molecule has 1 unspecified atom stereocenters. The molecule has 5 heteroatoms. The zero-order valence-electron chi connectivity index (χ0n) is 16.0. The summed E-state index contributed by atoms with van der Waals surface area (Å²) in [6.45, 7) is 4.32. The quantitative estimate of drug-likeness (QED) is 0.147. The Kier molecular flexibility index (Phi) is 21.6. The molecule has 1 atom stereocenters. The summed E-state index contributed by atoms with van der Waals surface area (Å²) in [5.74, 6) is 0.279. The van der Waals surface area contributed by atoms with Crippen molar-refractivity contribution in [2.45, 2.75) is 104 Å². The fourth-order valence-corrected chi connectivity index (χ4v) is 3.58. The number of hydrogen-bond acceptors (Lipinski definition) is 2. The van der Waals surface area contributed by atoms with Crippen molar-refractivity contribution < 1.29 is 13.0 Å². The molecule has 0 aliphatic rings. The summed E-state index contributed by atoms with van der Waals surface area (Å²) < 4.78 is 30.1. The van der Waals surface area contributed by atoms with Gasteiger partial charge >= 0.3 is 29.6 Å². The van der Waals surface area contributed by atoms with Crippen LogP contribution in [0.15, 0.2) is 12.2 Å². The summed E-state index contributed by atoms with van der Waals surface area (Å²) in [6, 6.07) is 0. The number of hydrogen-bond donors (Lipinski definition) is 1. The third-order valence-electron chi connectivity index (χ3n) is 4.58. The Morgan fingerprint density at radius 2 is 1.28 bits per heavy atom. The Labute approximate surface area is 179 Å². The molecule has 0 aromatic rings. The van der Waals surface area contributed by atoms with Crippen LogP contribution in [0.4, 0.5) is 0 Å². The monoisotopic (exact) mass is 384 g/mol. The third-order valence-corrected chi connectivity index (χ3v) is 5.33. The zero-order chi connectivity index (χ0) is 18.1. The average Bonchev–Trinajstić information content (AvgIpc) is 2.52. The van der Waals surface area contributed by atoms with Gasteiger partial charge in [0, 0.05) is 0 Å². The van der Waals surface area contributed by atoms with Crippen molar-refractivity contribution in [1.29, 1.82) is 0 Å². The van der Waals surface area contributed by atoms with Crippen molar-refractivity contribution in [2.75, 3.05) is 5.75 Å². The summed E-state index contributed by atoms with van der Waals surface area (Å²) in [4.78, 5) is 0. The number of rotatable bonds is 17. The molecule has 0 saturated heterocycles. The Balaban J connectivity index is 0. The second-order valence-corrected chi connectivity index (χ2v) is 8.77. The topological polar surface area (TPSA) is 54.4 Å². The van der Waals surface area contributed by atoms with Gasteiger partial charge in [-0.15, -0.1) is 0 Å². The van der Waals surface area contributed by atoms with Gasteiger partial charge in [0.05, 0.1) is 5.75 Å². The summed E-state index contributed by atoms with van der Waals surface area (Å²) in [5.41, 5.74) is 0. The van der Waals surface area contributed by atoms with E-state index < -0.39 is 10.1 Å². The van der Waals surface area contributed by atoms with E-state index >= 15 is 0 Å². The van der Waals surface area contributed by atoms with Crippen LogP contribution < -0.4 is 0 Å². The van der Waals surface area contributed by atoms with E-state index in [1.54, 1.807) is 0 Å². The molecule has 0 heterocycles. The fourth-order valence-electron chi connectivity index (χ4n) is 2.88. The van der Waals surface area contributed by atoms with E-state index in [2.05, 4.69) is 26.0 Å². The summed E-state index contributed by atoms with van der Waals surface area (Å²) >= 11 is 0. The SMILES string of the molecule is CCCCCCCC/C=C\CCCCCCC(C)CCS(=O)(=O)O.[NaH]. The van der Waals surface area contributed by atoms with Gasteiger partial charge in [0.1, 0.15) is 0 Å². The van der Waals surface area contributed by atoms with Gasteiger partial charge in [0.2, 0.25) is 0 Å². The number of unbranched alkanes of at least 4 members (excludes halogenated alkanes) is 10. The van der Waals surface area contributed by atoms with E-state index in [0.29, 0.717) is 12.3 Å². The van der Waals surface area contributed by atoms with Crippen molar-refractivity contribution in [1.82, 2.24) is 0 Å². The molecule has 0 rings (SSSR count). The van der Waals surface area contributed by atoms with Gasteiger partial charge < -0.3 is 0 Å². The molecule has 146 valence electrons. The minimum absolute atomic E-state index is 0. The maximum atomic E-state index is 10.7. The van der Waals surface area contributed by atoms with Crippen LogP contribution in [0.5, 0.6) is 0 Å². The molecule has 0 amide bonds. The van der Waals surface area contributed by atoms with Gasteiger partial charge in [-0.25, -0.2) is 0 Å². The van der Waals surface area contributed by atoms with Crippen LogP contribution in [0, 0.1) is 5.92 Å². The minimum atomic E-state index is -3.79. The van der Waals surface area contributed by atoms with Crippen LogP contribution in [0.1, 0.15) is 104 Å². The van der Waals surface area contributed by atoms with Gasteiger partial charge in [-0.1, -0.05) is 83.8 Å². The van der Waals surface area contributed by atoms with Crippen LogP contribution >= 0.6 is 0 Å². The maximum absolute atomic E-state index is 10.7. The summed E-state index contributed by atoms with van der Waals surface area (Å²) in [6.07, 6.45) is 21.8. The Hall–Kier alpha value is 0.650. The molecule has 0 bridgehead atoms. The van der Waals surface area contributed by atoms with Gasteiger partial charge in [-0.3, -0.25) is 4.55 Å². The van der Waals surface area contributed by atoms with Crippen LogP contribution in [0.25, 0.3) is 0 Å². The molecule has 0 saturated carbocycles. The fraction of sp³-hybridized carbons (Fsp3) is 0.900. The van der Waals surface area contributed by atoms with E-state index in [-0.39, 0.29) is 35.3 Å². The first-order valence-corrected chi connectivity index (χ1v) is 11.7. The molecule has 3 nitrogen and oxygen atoms in total. The van der Waals surface area contributed by atoms with E-state index in [9.17, 15) is 8.42 Å². The standard InChI is InChI=1S/C20H40O3S.Na.H/c1-3-4-5-6-7-8-9-10-11-12-13-14-15-16-17-20(2)18-19-24(21,22)23;;/h10-11,20H,3-9,12-19H2,1-2H3,(H,21,22,23);;/b11-10-;;. The van der Waals surface area contributed by atoms with Crippen molar-refractivity contribution in [3.8, 4) is 0 Å². The van der Waals surface area contributed by atoms with Gasteiger partial charge in [-0.2, -0.15) is 8.42 Å². The van der Waals surface area contributed by atoms with E-state index in [0.717, 1.165) is 12.8 Å². The van der Waals surface area contributed by atoms with Crippen LogP contribution in [0.2, 0.25) is 0 Å². The van der Waals surface area contributed by atoms with E-state index in [4.69, 9.17) is 4.55 Å². The van der Waals surface area contributed by atoms with E-state index in [1.165, 1.54) is 70.6 Å². The van der Waals surface area contributed by atoms with Crippen LogP contribution in [0.3, 0.4) is 0 Å². The average molecular weight is 385 g/mol. The first-order chi connectivity index (χ1) is 11.5. The van der Waals surface area contributed by atoms with E-state index in [1.807, 2.05) is 0 Å². The zero-order valence-corrected chi connectivity index (χ0v) is 16.8. The molecule has 0 spiro atoms. The molecule has 0 radical (unpaired) electrons. The van der Waals surface area contributed by atoms with Crippen LogP contribution in [-0.4, -0.2) is 48.3 Å². The predicted molar refractivity (Wildman–Crippen MR) is 112 cm³/mol. The molecule has 0 fully saturated rings. The molecule has 0 aromatic carbocycles. The third kappa shape index (κ3) is 24.6. The molecular weight excluding hydrogens is 343 g/mol. The first-order valence-electron chi connectivity index (χ1n) is 10.1. The van der Waals surface area contributed by atoms with Gasteiger partial charge in [0.25, 0.3) is 10.1 Å². The Bertz CT molecular complexity index is 394. The van der Waals surface area contributed by atoms with Crippen molar-refractivity contribution >= 4 is 39.7 Å². The summed E-state index contributed by atoms with van der Waals surface area (Å²) in [7, 11) is -3.79. The molecule has 0 aliphatic carbocycles. The normalized spacial score (nSPS) is 13.1. The molecular formula is C20H41NaO3S. The van der Waals surface area contributed by atoms with Gasteiger partial charge in [0.15, 0.2) is 0 Å². The van der Waals surface area contributed by atoms with Gasteiger partial charge in [-0.05, 0) is 38.0 Å². The van der Waals surface area contributed by atoms with Crippen LogP contribution in [-0.2, 0) is 10.1 Å². The molecule has 0 aromatic heterocycles. The Morgan fingerprint density at radius 1 is 0.800 bits per heavy atom. The molecule has 1 N–H and O–H groups in total. The van der Waals surface area contributed by atoms with Crippen molar-refractivity contribution in [2.24, 2.45) is 5.92 Å². The second-order valence-electron chi connectivity index (χ2n) is 7.20. The van der Waals surface area contributed by atoms with Crippen molar-refractivity contribution in [3.63, 3.8) is 0 Å². The number of allylic oxidation sites excluding steroid dienone is 2. The Morgan fingerprint density at radius 3 is 1.80 bits per heavy atom. The first kappa shape index (κ1) is 27.9. The molecule has 0 aliphatic heterocycles. The van der Waals surface area contributed by atoms with Crippen molar-refractivity contribution in [3.05, 3.63) is 12.2 Å². The second kappa shape index (κ2) is 19.4. The summed E-state index contributed by atoms with van der Waals surface area (Å²) in [5, 5.41) is 0. The molecule has 25 heavy (non-hydrogen) atoms. The predicted octanol–water partition coefficient (Wildman–Crippen LogP) is 5.90.